The van der Waals surface area contributed by atoms with E-state index in [9.17, 15) is 9.59 Å². The summed E-state index contributed by atoms with van der Waals surface area (Å²) in [5.41, 5.74) is 0. The van der Waals surface area contributed by atoms with Crippen LogP contribution in [0.1, 0.15) is 20.8 Å². The summed E-state index contributed by atoms with van der Waals surface area (Å²) >= 11 is 0. The van der Waals surface area contributed by atoms with Gasteiger partial charge >= 0.3 is 0 Å². The molecule has 7 heteroatoms. The van der Waals surface area contributed by atoms with Gasteiger partial charge in [-0.1, -0.05) is 13.8 Å². The third-order valence-electron chi connectivity index (χ3n) is 2.49. The molecule has 0 aliphatic heterocycles. The van der Waals surface area contributed by atoms with E-state index in [1.54, 1.807) is 0 Å². The van der Waals surface area contributed by atoms with Crippen molar-refractivity contribution < 1.29 is 28.5 Å². The van der Waals surface area contributed by atoms with Crippen molar-refractivity contribution in [2.45, 2.75) is 20.8 Å². The van der Waals surface area contributed by atoms with Gasteiger partial charge in [-0.15, -0.1) is 0 Å². The zero-order valence-corrected chi connectivity index (χ0v) is 13.9. The minimum atomic E-state index is -0.00352. The summed E-state index contributed by atoms with van der Waals surface area (Å²) < 4.78 is 20.9. The Balaban J connectivity index is 3.08. The molecule has 0 aromatic rings. The van der Waals surface area contributed by atoms with E-state index in [1.165, 1.54) is 6.92 Å². The fraction of sp³-hybridized carbons (Fsp3) is 0.867. The van der Waals surface area contributed by atoms with Crippen LogP contribution in [0.2, 0.25) is 0 Å². The van der Waals surface area contributed by atoms with Crippen LogP contribution in [0, 0.1) is 5.92 Å². The van der Waals surface area contributed by atoms with Crippen molar-refractivity contribution in [3.8, 4) is 0 Å². The van der Waals surface area contributed by atoms with Crippen LogP contribution < -0.4 is 5.32 Å². The highest BCUT2D eigenvalue weighted by Gasteiger charge is 2.04. The molecule has 0 fully saturated rings. The highest BCUT2D eigenvalue weighted by molar-refractivity contribution is 5.77. The van der Waals surface area contributed by atoms with Crippen LogP contribution in [0.15, 0.2) is 0 Å². The van der Waals surface area contributed by atoms with E-state index in [1.807, 2.05) is 13.8 Å². The molecular weight excluding hydrogens is 290 g/mol. The average molecular weight is 319 g/mol. The van der Waals surface area contributed by atoms with Crippen molar-refractivity contribution in [3.05, 3.63) is 0 Å². The number of hydrogen-bond donors (Lipinski definition) is 1. The number of carbonyl (C=O) groups is 2. The molecule has 0 aromatic carbocycles. The molecule has 130 valence electrons. The maximum atomic E-state index is 11.2. The molecule has 1 amide bonds. The van der Waals surface area contributed by atoms with E-state index in [2.05, 4.69) is 5.32 Å². The summed E-state index contributed by atoms with van der Waals surface area (Å²) in [5, 5.41) is 2.77. The van der Waals surface area contributed by atoms with Crippen LogP contribution in [0.5, 0.6) is 0 Å². The largest absolute Gasteiger partial charge is 0.377 e. The highest BCUT2D eigenvalue weighted by Crippen LogP contribution is 1.89. The second kappa shape index (κ2) is 14.9. The van der Waals surface area contributed by atoms with Crippen LogP contribution in [-0.4, -0.2) is 71.1 Å². The number of carbonyl (C=O) groups excluding carboxylic acids is 2. The van der Waals surface area contributed by atoms with Gasteiger partial charge in [0.05, 0.1) is 46.2 Å². The molecule has 0 heterocycles. The molecule has 0 bridgehead atoms. The SMILES string of the molecule is CC(=O)COCCOCCOCCOCCNC(=O)C(C)C. The van der Waals surface area contributed by atoms with Crippen molar-refractivity contribution in [3.63, 3.8) is 0 Å². The molecule has 0 atom stereocenters. The molecule has 1 N–H and O–H groups in total. The average Bonchev–Trinajstić information content (AvgIpc) is 2.46. The maximum Gasteiger partial charge on any atom is 0.222 e. The number of ether oxygens (including phenoxy) is 4. The molecule has 0 spiro atoms. The monoisotopic (exact) mass is 319 g/mol. The lowest BCUT2D eigenvalue weighted by atomic mass is 10.2. The van der Waals surface area contributed by atoms with Crippen LogP contribution in [-0.2, 0) is 28.5 Å². The van der Waals surface area contributed by atoms with Crippen LogP contribution in [0.3, 0.4) is 0 Å². The fourth-order valence-corrected chi connectivity index (χ4v) is 1.33. The Hall–Kier alpha value is -1.02. The Labute approximate surface area is 132 Å². The van der Waals surface area contributed by atoms with E-state index in [4.69, 9.17) is 18.9 Å². The zero-order valence-electron chi connectivity index (χ0n) is 13.9. The summed E-state index contributed by atoms with van der Waals surface area (Å²) in [6.45, 7) is 9.10. The van der Waals surface area contributed by atoms with Crippen molar-refractivity contribution in [1.82, 2.24) is 5.32 Å². The van der Waals surface area contributed by atoms with Gasteiger partial charge in [0.25, 0.3) is 0 Å². The first-order chi connectivity index (χ1) is 10.5. The van der Waals surface area contributed by atoms with Gasteiger partial charge in [-0.3, -0.25) is 9.59 Å². The van der Waals surface area contributed by atoms with Gasteiger partial charge in [0.15, 0.2) is 5.78 Å². The lowest BCUT2D eigenvalue weighted by Gasteiger charge is -2.09. The molecule has 0 radical (unpaired) electrons. The smallest absolute Gasteiger partial charge is 0.222 e. The van der Waals surface area contributed by atoms with Crippen LogP contribution in [0.25, 0.3) is 0 Å². The molecular formula is C15H29NO6. The normalized spacial score (nSPS) is 10.9. The first-order valence-corrected chi connectivity index (χ1v) is 7.62. The van der Waals surface area contributed by atoms with E-state index in [0.717, 1.165) is 0 Å². The molecule has 22 heavy (non-hydrogen) atoms. The molecule has 0 rings (SSSR count). The molecule has 0 aliphatic carbocycles. The number of rotatable bonds is 15. The predicted molar refractivity (Wildman–Crippen MR) is 81.8 cm³/mol. The molecule has 0 saturated carbocycles. The molecule has 0 aliphatic rings. The minimum absolute atomic E-state index is 0.00352. The topological polar surface area (TPSA) is 83.1 Å². The Morgan fingerprint density at radius 1 is 0.818 bits per heavy atom. The Kier molecular flexibility index (Phi) is 14.2. The molecule has 0 aromatic heterocycles. The third kappa shape index (κ3) is 15.4. The summed E-state index contributed by atoms with van der Waals surface area (Å²) in [7, 11) is 0. The first-order valence-electron chi connectivity index (χ1n) is 7.62. The van der Waals surface area contributed by atoms with E-state index < -0.39 is 0 Å². The van der Waals surface area contributed by atoms with Crippen molar-refractivity contribution >= 4 is 11.7 Å². The van der Waals surface area contributed by atoms with Gasteiger partial charge in [-0.2, -0.15) is 0 Å². The zero-order chi connectivity index (χ0) is 16.6. The van der Waals surface area contributed by atoms with E-state index >= 15 is 0 Å². The number of hydrogen-bond acceptors (Lipinski definition) is 6. The number of ketones is 1. The molecule has 0 saturated heterocycles. The lowest BCUT2D eigenvalue weighted by molar-refractivity contribution is -0.124. The summed E-state index contributed by atoms with van der Waals surface area (Å²) in [6, 6.07) is 0. The number of nitrogens with one attached hydrogen (secondary N) is 1. The molecule has 0 unspecified atom stereocenters. The van der Waals surface area contributed by atoms with Gasteiger partial charge in [-0.05, 0) is 6.92 Å². The van der Waals surface area contributed by atoms with Gasteiger partial charge in [0, 0.05) is 12.5 Å². The van der Waals surface area contributed by atoms with Crippen molar-refractivity contribution in [1.29, 1.82) is 0 Å². The fourth-order valence-electron chi connectivity index (χ4n) is 1.33. The van der Waals surface area contributed by atoms with Crippen LogP contribution >= 0.6 is 0 Å². The summed E-state index contributed by atoms with van der Waals surface area (Å²) in [5.74, 6) is 0.0348. The lowest BCUT2D eigenvalue weighted by Crippen LogP contribution is -2.31. The second-order valence-corrected chi connectivity index (χ2v) is 5.04. The van der Waals surface area contributed by atoms with Crippen LogP contribution in [0.4, 0.5) is 0 Å². The Bertz CT molecular complexity index is 296. The summed E-state index contributed by atoms with van der Waals surface area (Å²) in [6.07, 6.45) is 0. The van der Waals surface area contributed by atoms with Crippen molar-refractivity contribution in [2.24, 2.45) is 5.92 Å². The standard InChI is InChI=1S/C15H29NO6/c1-13(2)15(18)16-4-5-19-6-7-20-8-9-21-10-11-22-12-14(3)17/h13H,4-12H2,1-3H3,(H,16,18). The van der Waals surface area contributed by atoms with Gasteiger partial charge in [0.1, 0.15) is 6.61 Å². The predicted octanol–water partition coefficient (Wildman–Crippen LogP) is 0.414. The number of amides is 1. The first kappa shape index (κ1) is 21.0. The second-order valence-electron chi connectivity index (χ2n) is 5.04. The number of Topliss-reactive ketones (excluding diaryl/α,β-unsaturated/α-hetero) is 1. The van der Waals surface area contributed by atoms with Gasteiger partial charge < -0.3 is 24.3 Å². The maximum absolute atomic E-state index is 11.2. The van der Waals surface area contributed by atoms with Gasteiger partial charge in [0.2, 0.25) is 5.91 Å². The van der Waals surface area contributed by atoms with E-state index in [-0.39, 0.29) is 24.2 Å². The quantitative estimate of drug-likeness (QED) is 0.440. The Morgan fingerprint density at radius 2 is 1.27 bits per heavy atom. The Morgan fingerprint density at radius 3 is 1.73 bits per heavy atom. The van der Waals surface area contributed by atoms with Gasteiger partial charge in [-0.25, -0.2) is 0 Å². The third-order valence-corrected chi connectivity index (χ3v) is 2.49. The minimum Gasteiger partial charge on any atom is -0.377 e. The van der Waals surface area contributed by atoms with E-state index in [0.29, 0.717) is 52.8 Å². The summed E-state index contributed by atoms with van der Waals surface area (Å²) in [4.78, 5) is 21.8. The van der Waals surface area contributed by atoms with Crippen molar-refractivity contribution in [2.75, 3.05) is 59.4 Å². The highest BCUT2D eigenvalue weighted by atomic mass is 16.6. The molecule has 7 nitrogen and oxygen atoms in total.